The van der Waals surface area contributed by atoms with Gasteiger partial charge in [0.15, 0.2) is 12.4 Å². The molecule has 4 bridgehead atoms. The third-order valence-electron chi connectivity index (χ3n) is 7.58. The average Bonchev–Trinajstić information content (AvgIpc) is 2.76. The van der Waals surface area contributed by atoms with Gasteiger partial charge in [0.2, 0.25) is 11.8 Å². The van der Waals surface area contributed by atoms with Gasteiger partial charge in [0.1, 0.15) is 0 Å². The smallest absolute Gasteiger partial charge is 0.308 e. The molecule has 1 aromatic carbocycles. The predicted octanol–water partition coefficient (Wildman–Crippen LogP) is 4.12. The number of nitrogens with one attached hydrogen (secondary N) is 2. The zero-order valence-electron chi connectivity index (χ0n) is 20.2. The van der Waals surface area contributed by atoms with E-state index >= 15 is 0 Å². The molecule has 184 valence electrons. The van der Waals surface area contributed by atoms with Crippen molar-refractivity contribution in [2.75, 3.05) is 18.5 Å². The standard InChI is InChI=1S/C27H36N2O5/c1-17(2)9-24(31)29-22-5-3-21(4-6-22)23(30)16-34-25(32)7-8-28-26(33)27-13-18-10-19(14-27)12-20(11-18)15-27/h3-6,17-20H,7-16H2,1-2H3,(H,28,33)(H,29,31). The maximum Gasteiger partial charge on any atom is 0.308 e. The molecule has 7 heteroatoms. The van der Waals surface area contributed by atoms with Crippen molar-refractivity contribution in [2.45, 2.75) is 65.2 Å². The van der Waals surface area contributed by atoms with E-state index in [-0.39, 0.29) is 48.5 Å². The van der Waals surface area contributed by atoms with Crippen LogP contribution < -0.4 is 10.6 Å². The summed E-state index contributed by atoms with van der Waals surface area (Å²) >= 11 is 0. The normalized spacial score (nSPS) is 26.9. The third kappa shape index (κ3) is 5.86. The van der Waals surface area contributed by atoms with Crippen molar-refractivity contribution in [1.29, 1.82) is 0 Å². The van der Waals surface area contributed by atoms with E-state index in [4.69, 9.17) is 4.74 Å². The van der Waals surface area contributed by atoms with Crippen molar-refractivity contribution in [3.63, 3.8) is 0 Å². The molecule has 4 fully saturated rings. The number of carbonyl (C=O) groups is 4. The fourth-order valence-electron chi connectivity index (χ4n) is 6.48. The Balaban J connectivity index is 1.16. The molecule has 4 saturated carbocycles. The Morgan fingerprint density at radius 2 is 1.56 bits per heavy atom. The van der Waals surface area contributed by atoms with Gasteiger partial charge in [-0.15, -0.1) is 0 Å². The largest absolute Gasteiger partial charge is 0.457 e. The van der Waals surface area contributed by atoms with Gasteiger partial charge in [-0.3, -0.25) is 19.2 Å². The molecule has 2 N–H and O–H groups in total. The van der Waals surface area contributed by atoms with E-state index in [2.05, 4.69) is 10.6 Å². The van der Waals surface area contributed by atoms with E-state index < -0.39 is 5.97 Å². The second-order valence-electron chi connectivity index (χ2n) is 11.0. The summed E-state index contributed by atoms with van der Waals surface area (Å²) in [6.45, 7) is 3.83. The molecule has 1 aromatic rings. The number of anilines is 1. The van der Waals surface area contributed by atoms with Gasteiger partial charge in [-0.05, 0) is 86.5 Å². The van der Waals surface area contributed by atoms with Crippen LogP contribution >= 0.6 is 0 Å². The highest BCUT2D eigenvalue weighted by atomic mass is 16.5. The third-order valence-corrected chi connectivity index (χ3v) is 7.58. The molecule has 0 radical (unpaired) electrons. The summed E-state index contributed by atoms with van der Waals surface area (Å²) in [7, 11) is 0. The molecular formula is C27H36N2O5. The summed E-state index contributed by atoms with van der Waals surface area (Å²) in [5, 5.41) is 5.76. The van der Waals surface area contributed by atoms with Crippen LogP contribution in [0.2, 0.25) is 0 Å². The van der Waals surface area contributed by atoms with Gasteiger partial charge in [0, 0.05) is 29.6 Å². The fraction of sp³-hybridized carbons (Fsp3) is 0.630. The number of hydrogen-bond donors (Lipinski definition) is 2. The lowest BCUT2D eigenvalue weighted by Crippen LogP contribution is -2.53. The molecule has 0 aromatic heterocycles. The Morgan fingerprint density at radius 3 is 2.12 bits per heavy atom. The summed E-state index contributed by atoms with van der Waals surface area (Å²) in [5.74, 6) is 1.55. The number of amides is 2. The maximum atomic E-state index is 12.9. The van der Waals surface area contributed by atoms with Crippen LogP contribution in [-0.2, 0) is 19.1 Å². The molecular weight excluding hydrogens is 432 g/mol. The van der Waals surface area contributed by atoms with E-state index in [0.717, 1.165) is 19.3 Å². The van der Waals surface area contributed by atoms with Gasteiger partial charge in [-0.1, -0.05) is 13.8 Å². The van der Waals surface area contributed by atoms with E-state index in [0.29, 0.717) is 35.4 Å². The van der Waals surface area contributed by atoms with Crippen molar-refractivity contribution >= 4 is 29.3 Å². The molecule has 34 heavy (non-hydrogen) atoms. The molecule has 7 nitrogen and oxygen atoms in total. The van der Waals surface area contributed by atoms with Crippen molar-refractivity contribution in [2.24, 2.45) is 29.1 Å². The monoisotopic (exact) mass is 468 g/mol. The summed E-state index contributed by atoms with van der Waals surface area (Å²) < 4.78 is 5.12. The molecule has 0 spiro atoms. The van der Waals surface area contributed by atoms with E-state index in [9.17, 15) is 19.2 Å². The van der Waals surface area contributed by atoms with Gasteiger partial charge in [-0.25, -0.2) is 0 Å². The summed E-state index contributed by atoms with van der Waals surface area (Å²) in [4.78, 5) is 49.2. The van der Waals surface area contributed by atoms with Crippen molar-refractivity contribution < 1.29 is 23.9 Å². The minimum absolute atomic E-state index is 0.0478. The molecule has 4 aliphatic rings. The highest BCUT2D eigenvalue weighted by molar-refractivity contribution is 5.99. The lowest BCUT2D eigenvalue weighted by molar-refractivity contribution is -0.147. The van der Waals surface area contributed by atoms with Crippen LogP contribution in [0.4, 0.5) is 5.69 Å². The van der Waals surface area contributed by atoms with Gasteiger partial charge >= 0.3 is 5.97 Å². The number of benzene rings is 1. The van der Waals surface area contributed by atoms with E-state index in [1.165, 1.54) is 19.3 Å². The van der Waals surface area contributed by atoms with Gasteiger partial charge < -0.3 is 15.4 Å². The van der Waals surface area contributed by atoms with Crippen molar-refractivity contribution in [3.8, 4) is 0 Å². The van der Waals surface area contributed by atoms with Crippen LogP contribution in [0.15, 0.2) is 24.3 Å². The Bertz CT molecular complexity index is 902. The predicted molar refractivity (Wildman–Crippen MR) is 128 cm³/mol. The number of ether oxygens (including phenoxy) is 1. The Hall–Kier alpha value is -2.70. The first-order valence-corrected chi connectivity index (χ1v) is 12.6. The number of Topliss-reactive ketones (excluding diaryl/α,β-unsaturated/α-hetero) is 1. The lowest BCUT2D eigenvalue weighted by Gasteiger charge is -2.55. The number of rotatable bonds is 10. The highest BCUT2D eigenvalue weighted by Crippen LogP contribution is 2.60. The van der Waals surface area contributed by atoms with E-state index in [1.807, 2.05) is 13.8 Å². The Labute approximate surface area is 201 Å². The lowest BCUT2D eigenvalue weighted by atomic mass is 9.49. The zero-order chi connectivity index (χ0) is 24.3. The highest BCUT2D eigenvalue weighted by Gasteiger charge is 2.54. The van der Waals surface area contributed by atoms with Crippen LogP contribution in [0.25, 0.3) is 0 Å². The van der Waals surface area contributed by atoms with Crippen LogP contribution in [0.3, 0.4) is 0 Å². The topological polar surface area (TPSA) is 102 Å². The van der Waals surface area contributed by atoms with Crippen molar-refractivity contribution in [1.82, 2.24) is 5.32 Å². The molecule has 0 atom stereocenters. The second kappa shape index (κ2) is 10.3. The SMILES string of the molecule is CC(C)CC(=O)Nc1ccc(C(=O)COC(=O)CCNC(=O)C23CC4CC(CC(C4)C2)C3)cc1. The maximum absolute atomic E-state index is 12.9. The molecule has 4 aliphatic carbocycles. The quantitative estimate of drug-likeness (QED) is 0.397. The zero-order valence-corrected chi connectivity index (χ0v) is 20.2. The first-order valence-electron chi connectivity index (χ1n) is 12.6. The average molecular weight is 469 g/mol. The van der Waals surface area contributed by atoms with Crippen LogP contribution in [0.1, 0.15) is 75.6 Å². The van der Waals surface area contributed by atoms with Crippen LogP contribution in [-0.4, -0.2) is 36.7 Å². The molecule has 0 heterocycles. The minimum Gasteiger partial charge on any atom is -0.457 e. The minimum atomic E-state index is -0.503. The van der Waals surface area contributed by atoms with Gasteiger partial charge in [0.05, 0.1) is 6.42 Å². The van der Waals surface area contributed by atoms with Gasteiger partial charge in [-0.2, -0.15) is 0 Å². The Kier molecular flexibility index (Phi) is 7.39. The molecule has 2 amide bonds. The van der Waals surface area contributed by atoms with Crippen molar-refractivity contribution in [3.05, 3.63) is 29.8 Å². The molecule has 5 rings (SSSR count). The number of carbonyl (C=O) groups excluding carboxylic acids is 4. The molecule has 0 saturated heterocycles. The molecule has 0 unspecified atom stereocenters. The number of esters is 1. The summed E-state index contributed by atoms with van der Waals surface area (Å²) in [6, 6.07) is 6.53. The number of ketones is 1. The molecule has 0 aliphatic heterocycles. The number of hydrogen-bond acceptors (Lipinski definition) is 5. The first kappa shape index (κ1) is 24.4. The van der Waals surface area contributed by atoms with E-state index in [1.54, 1.807) is 24.3 Å². The first-order chi connectivity index (χ1) is 16.2. The van der Waals surface area contributed by atoms with Crippen LogP contribution in [0, 0.1) is 29.1 Å². The van der Waals surface area contributed by atoms with Gasteiger partial charge in [0.25, 0.3) is 0 Å². The van der Waals surface area contributed by atoms with Crippen LogP contribution in [0.5, 0.6) is 0 Å². The summed E-state index contributed by atoms with van der Waals surface area (Å²) in [5.41, 5.74) is 0.799. The fourth-order valence-corrected chi connectivity index (χ4v) is 6.48. The Morgan fingerprint density at radius 1 is 0.971 bits per heavy atom. The second-order valence-corrected chi connectivity index (χ2v) is 11.0. The summed E-state index contributed by atoms with van der Waals surface area (Å²) in [6.07, 6.45) is 7.29.